The number of alkyl halides is 3. The summed E-state index contributed by atoms with van der Waals surface area (Å²) in [5, 5.41) is 0. The Morgan fingerprint density at radius 3 is 2.24 bits per heavy atom. The zero-order chi connectivity index (χ0) is 18.4. The molecule has 0 saturated heterocycles. The van der Waals surface area contributed by atoms with Crippen molar-refractivity contribution in [2.24, 2.45) is 0 Å². The summed E-state index contributed by atoms with van der Waals surface area (Å²) in [4.78, 5) is 0.570. The highest BCUT2D eigenvalue weighted by Gasteiger charge is 2.31. The molecule has 0 radical (unpaired) electrons. The van der Waals surface area contributed by atoms with E-state index in [1.807, 2.05) is 12.1 Å². The highest BCUT2D eigenvalue weighted by atomic mass is 32.2. The van der Waals surface area contributed by atoms with Gasteiger partial charge in [0.15, 0.2) is 0 Å². The summed E-state index contributed by atoms with van der Waals surface area (Å²) < 4.78 is 60.4. The van der Waals surface area contributed by atoms with Gasteiger partial charge in [-0.2, -0.15) is 13.2 Å². The third kappa shape index (κ3) is 6.05. The Morgan fingerprint density at radius 2 is 1.68 bits per heavy atom. The van der Waals surface area contributed by atoms with Gasteiger partial charge in [0.2, 0.25) is 0 Å². The number of hydrogen-bond acceptors (Lipinski definition) is 4. The molecular formula is C17H17F3O3S2. The van der Waals surface area contributed by atoms with Crippen LogP contribution in [0.5, 0.6) is 5.75 Å². The lowest BCUT2D eigenvalue weighted by atomic mass is 10.2. The molecule has 8 heteroatoms. The molecule has 0 amide bonds. The van der Waals surface area contributed by atoms with Crippen LogP contribution in [0.3, 0.4) is 0 Å². The van der Waals surface area contributed by atoms with Gasteiger partial charge in [0, 0.05) is 12.0 Å². The van der Waals surface area contributed by atoms with Gasteiger partial charge < -0.3 is 9.47 Å². The minimum atomic E-state index is -4.41. The predicted octanol–water partition coefficient (Wildman–Crippen LogP) is 4.76. The van der Waals surface area contributed by atoms with Gasteiger partial charge in [-0.05, 0) is 47.2 Å². The van der Waals surface area contributed by atoms with Gasteiger partial charge in [-0.25, -0.2) is 0 Å². The summed E-state index contributed by atoms with van der Waals surface area (Å²) in [6.07, 6.45) is 0. The number of benzene rings is 2. The van der Waals surface area contributed by atoms with Gasteiger partial charge in [-0.1, -0.05) is 18.2 Å². The minimum Gasteiger partial charge on any atom is -0.496 e. The van der Waals surface area contributed by atoms with E-state index in [9.17, 15) is 17.4 Å². The van der Waals surface area contributed by atoms with Gasteiger partial charge in [0.25, 0.3) is 0 Å². The Morgan fingerprint density at radius 1 is 1.04 bits per heavy atom. The van der Waals surface area contributed by atoms with E-state index in [0.717, 1.165) is 5.56 Å². The van der Waals surface area contributed by atoms with Crippen LogP contribution in [-0.2, 0) is 27.9 Å². The Bertz CT molecular complexity index is 731. The lowest BCUT2D eigenvalue weighted by Crippen LogP contribution is -2.02. The lowest BCUT2D eigenvalue weighted by Gasteiger charge is -2.12. The van der Waals surface area contributed by atoms with Crippen LogP contribution in [0.25, 0.3) is 0 Å². The topological polar surface area (TPSA) is 35.5 Å². The van der Waals surface area contributed by atoms with Crippen LogP contribution in [0.2, 0.25) is 0 Å². The molecular weight excluding hydrogens is 373 g/mol. The second-order valence-corrected chi connectivity index (χ2v) is 7.66. The van der Waals surface area contributed by atoms with E-state index in [4.69, 9.17) is 9.47 Å². The first kappa shape index (κ1) is 19.8. The fourth-order valence-corrected chi connectivity index (χ4v) is 3.95. The van der Waals surface area contributed by atoms with E-state index in [-0.39, 0.29) is 28.2 Å². The number of hydrogen-bond donors (Lipinski definition) is 0. The molecule has 0 heterocycles. The van der Waals surface area contributed by atoms with Gasteiger partial charge >= 0.3 is 5.51 Å². The van der Waals surface area contributed by atoms with Gasteiger partial charge in [-0.15, -0.1) is 0 Å². The highest BCUT2D eigenvalue weighted by Crippen LogP contribution is 2.41. The van der Waals surface area contributed by atoms with Gasteiger partial charge in [-0.3, -0.25) is 4.21 Å². The standard InChI is InChI=1S/C17H17F3O3S2/c1-22-10-12-3-6-14(7-4-12)25(21)11-13-5-8-15(23-2)16(9-13)24-17(18,19)20/h3-9H,10-11H2,1-2H3/t25-/m0/s1. The molecule has 0 aliphatic heterocycles. The molecule has 0 aromatic heterocycles. The van der Waals surface area contributed by atoms with Gasteiger partial charge in [0.1, 0.15) is 5.75 Å². The third-order valence-corrected chi connectivity index (χ3v) is 5.41. The molecule has 1 atom stereocenters. The SMILES string of the molecule is COCc1ccc([S@@](=O)Cc2ccc(OC)c(SC(F)(F)F)c2)cc1. The van der Waals surface area contributed by atoms with E-state index in [1.165, 1.54) is 19.2 Å². The number of methoxy groups -OCH3 is 2. The number of thioether (sulfide) groups is 1. The fraction of sp³-hybridized carbons (Fsp3) is 0.294. The monoisotopic (exact) mass is 390 g/mol. The zero-order valence-electron chi connectivity index (χ0n) is 13.6. The first-order valence-electron chi connectivity index (χ1n) is 7.21. The third-order valence-electron chi connectivity index (χ3n) is 3.25. The summed E-state index contributed by atoms with van der Waals surface area (Å²) in [6.45, 7) is 0.462. The van der Waals surface area contributed by atoms with Crippen molar-refractivity contribution in [3.8, 4) is 5.75 Å². The highest BCUT2D eigenvalue weighted by molar-refractivity contribution is 8.00. The quantitative estimate of drug-likeness (QED) is 0.639. The molecule has 0 aliphatic rings. The van der Waals surface area contributed by atoms with Crippen molar-refractivity contribution < 1.29 is 26.9 Å². The molecule has 2 aromatic carbocycles. The first-order chi connectivity index (χ1) is 11.8. The summed E-state index contributed by atoms with van der Waals surface area (Å²) in [7, 11) is 1.55. The van der Waals surface area contributed by atoms with E-state index >= 15 is 0 Å². The normalized spacial score (nSPS) is 12.8. The summed E-state index contributed by atoms with van der Waals surface area (Å²) in [6, 6.07) is 11.6. The Hall–Kier alpha value is -1.51. The van der Waals surface area contributed by atoms with Crippen molar-refractivity contribution in [3.63, 3.8) is 0 Å². The molecule has 0 bridgehead atoms. The summed E-state index contributed by atoms with van der Waals surface area (Å²) >= 11 is -0.241. The summed E-state index contributed by atoms with van der Waals surface area (Å²) in [5.41, 5.74) is -2.91. The maximum Gasteiger partial charge on any atom is 0.446 e. The van der Waals surface area contributed by atoms with Crippen LogP contribution in [0.1, 0.15) is 11.1 Å². The molecule has 3 nitrogen and oxygen atoms in total. The smallest absolute Gasteiger partial charge is 0.446 e. The van der Waals surface area contributed by atoms with Crippen molar-refractivity contribution in [1.82, 2.24) is 0 Å². The largest absolute Gasteiger partial charge is 0.496 e. The van der Waals surface area contributed by atoms with Gasteiger partial charge in [0.05, 0.1) is 35.2 Å². The van der Waals surface area contributed by atoms with Crippen LogP contribution >= 0.6 is 11.8 Å². The van der Waals surface area contributed by atoms with E-state index in [0.29, 0.717) is 17.1 Å². The van der Waals surface area contributed by atoms with E-state index in [1.54, 1.807) is 25.3 Å². The second-order valence-electron chi connectivity index (χ2n) is 5.10. The lowest BCUT2D eigenvalue weighted by molar-refractivity contribution is -0.0328. The van der Waals surface area contributed by atoms with Crippen molar-refractivity contribution in [2.75, 3.05) is 14.2 Å². The molecule has 136 valence electrons. The Balaban J connectivity index is 2.15. The number of ether oxygens (including phenoxy) is 2. The van der Waals surface area contributed by atoms with Crippen LogP contribution in [-0.4, -0.2) is 23.9 Å². The van der Waals surface area contributed by atoms with Crippen LogP contribution in [0, 0.1) is 0 Å². The summed E-state index contributed by atoms with van der Waals surface area (Å²) in [5.74, 6) is 0.264. The number of rotatable bonds is 7. The first-order valence-corrected chi connectivity index (χ1v) is 9.35. The molecule has 0 saturated carbocycles. The van der Waals surface area contributed by atoms with Crippen molar-refractivity contribution in [1.29, 1.82) is 0 Å². The van der Waals surface area contributed by atoms with E-state index in [2.05, 4.69) is 0 Å². The maximum atomic E-state index is 12.7. The predicted molar refractivity (Wildman–Crippen MR) is 92.2 cm³/mol. The average molecular weight is 390 g/mol. The average Bonchev–Trinajstić information content (AvgIpc) is 2.54. The fourth-order valence-electron chi connectivity index (χ4n) is 2.15. The van der Waals surface area contributed by atoms with Crippen LogP contribution in [0.4, 0.5) is 13.2 Å². The second kappa shape index (κ2) is 8.73. The molecule has 2 rings (SSSR count). The Kier molecular flexibility index (Phi) is 6.92. The molecule has 0 N–H and O–H groups in total. The van der Waals surface area contributed by atoms with Crippen molar-refractivity contribution in [3.05, 3.63) is 53.6 Å². The molecule has 0 spiro atoms. The zero-order valence-corrected chi connectivity index (χ0v) is 15.3. The van der Waals surface area contributed by atoms with Crippen molar-refractivity contribution >= 4 is 22.6 Å². The molecule has 0 unspecified atom stereocenters. The molecule has 0 fully saturated rings. The maximum absolute atomic E-state index is 12.7. The minimum absolute atomic E-state index is 0.0417. The van der Waals surface area contributed by atoms with Crippen LogP contribution < -0.4 is 4.74 Å². The number of halogens is 3. The van der Waals surface area contributed by atoms with E-state index < -0.39 is 16.3 Å². The van der Waals surface area contributed by atoms with Crippen molar-refractivity contribution in [2.45, 2.75) is 27.7 Å². The molecule has 0 aliphatic carbocycles. The van der Waals surface area contributed by atoms with Crippen LogP contribution in [0.15, 0.2) is 52.3 Å². The molecule has 25 heavy (non-hydrogen) atoms. The molecule has 2 aromatic rings. The Labute approximate surface area is 151 Å².